The lowest BCUT2D eigenvalue weighted by atomic mass is 10.0. The summed E-state index contributed by atoms with van der Waals surface area (Å²) in [5.74, 6) is 1.75. The minimum atomic E-state index is 0.353. The Morgan fingerprint density at radius 1 is 1.21 bits per heavy atom. The molecule has 2 aliphatic rings. The van der Waals surface area contributed by atoms with Crippen LogP contribution in [0.1, 0.15) is 31.7 Å². The zero-order valence-corrected chi connectivity index (χ0v) is 11.4. The van der Waals surface area contributed by atoms with Crippen molar-refractivity contribution in [3.63, 3.8) is 0 Å². The smallest absolute Gasteiger partial charge is 0.231 e. The van der Waals surface area contributed by atoms with Crippen LogP contribution in [0.15, 0.2) is 30.4 Å². The number of aryl methyl sites for hydroxylation is 1. The summed E-state index contributed by atoms with van der Waals surface area (Å²) < 4.78 is 10.7. The van der Waals surface area contributed by atoms with Crippen LogP contribution in [0.2, 0.25) is 0 Å². The molecule has 0 aromatic heterocycles. The quantitative estimate of drug-likeness (QED) is 0.824. The third-order valence-electron chi connectivity index (χ3n) is 3.83. The van der Waals surface area contributed by atoms with E-state index in [4.69, 9.17) is 9.47 Å². The Bertz CT molecular complexity index is 462. The molecule has 1 aliphatic carbocycles. The topological polar surface area (TPSA) is 30.5 Å². The van der Waals surface area contributed by atoms with Crippen LogP contribution in [0, 0.1) is 0 Å². The second-order valence-corrected chi connectivity index (χ2v) is 5.43. The first kappa shape index (κ1) is 12.5. The molecular formula is C16H21NO2. The summed E-state index contributed by atoms with van der Waals surface area (Å²) in [7, 11) is 0. The van der Waals surface area contributed by atoms with E-state index in [0.717, 1.165) is 24.3 Å². The van der Waals surface area contributed by atoms with Gasteiger partial charge in [-0.05, 0) is 50.3 Å². The summed E-state index contributed by atoms with van der Waals surface area (Å²) in [6.45, 7) is 2.62. The van der Waals surface area contributed by atoms with Crippen LogP contribution in [0.25, 0.3) is 0 Å². The van der Waals surface area contributed by atoms with Crippen LogP contribution in [-0.2, 0) is 6.42 Å². The predicted molar refractivity (Wildman–Crippen MR) is 75.6 cm³/mol. The molecule has 1 aromatic carbocycles. The fourth-order valence-corrected chi connectivity index (χ4v) is 2.72. The van der Waals surface area contributed by atoms with Crippen molar-refractivity contribution >= 4 is 0 Å². The van der Waals surface area contributed by atoms with Gasteiger partial charge in [-0.25, -0.2) is 0 Å². The molecule has 3 heteroatoms. The number of ether oxygens (including phenoxy) is 2. The second kappa shape index (κ2) is 5.66. The molecular weight excluding hydrogens is 238 g/mol. The monoisotopic (exact) mass is 259 g/mol. The fraction of sp³-hybridized carbons (Fsp3) is 0.500. The largest absolute Gasteiger partial charge is 0.454 e. The van der Waals surface area contributed by atoms with Crippen molar-refractivity contribution in [2.45, 2.75) is 44.7 Å². The molecule has 0 bridgehead atoms. The summed E-state index contributed by atoms with van der Waals surface area (Å²) >= 11 is 0. The van der Waals surface area contributed by atoms with Crippen LogP contribution in [-0.4, -0.2) is 18.9 Å². The van der Waals surface area contributed by atoms with Gasteiger partial charge in [-0.1, -0.05) is 18.2 Å². The van der Waals surface area contributed by atoms with E-state index in [1.54, 1.807) is 0 Å². The van der Waals surface area contributed by atoms with Gasteiger partial charge < -0.3 is 14.8 Å². The SMILES string of the molecule is CC(CCc1ccc2c(c1)OCO2)NC1CC=CC1. The lowest BCUT2D eigenvalue weighted by Crippen LogP contribution is -2.35. The first-order valence-corrected chi connectivity index (χ1v) is 7.11. The summed E-state index contributed by atoms with van der Waals surface area (Å²) in [6.07, 6.45) is 9.11. The van der Waals surface area contributed by atoms with E-state index in [2.05, 4.69) is 36.5 Å². The van der Waals surface area contributed by atoms with Crippen molar-refractivity contribution in [2.24, 2.45) is 0 Å². The number of benzene rings is 1. The van der Waals surface area contributed by atoms with Crippen molar-refractivity contribution in [3.05, 3.63) is 35.9 Å². The van der Waals surface area contributed by atoms with Crippen molar-refractivity contribution in [1.29, 1.82) is 0 Å². The second-order valence-electron chi connectivity index (χ2n) is 5.43. The highest BCUT2D eigenvalue weighted by Gasteiger charge is 2.15. The van der Waals surface area contributed by atoms with Crippen LogP contribution in [0.4, 0.5) is 0 Å². The van der Waals surface area contributed by atoms with E-state index < -0.39 is 0 Å². The molecule has 0 radical (unpaired) electrons. The molecule has 1 aromatic rings. The van der Waals surface area contributed by atoms with Crippen molar-refractivity contribution < 1.29 is 9.47 Å². The van der Waals surface area contributed by atoms with Crippen LogP contribution < -0.4 is 14.8 Å². The molecule has 1 N–H and O–H groups in total. The van der Waals surface area contributed by atoms with E-state index in [1.807, 2.05) is 6.07 Å². The highest BCUT2D eigenvalue weighted by Crippen LogP contribution is 2.32. The van der Waals surface area contributed by atoms with Crippen LogP contribution in [0.5, 0.6) is 11.5 Å². The van der Waals surface area contributed by atoms with Crippen LogP contribution in [0.3, 0.4) is 0 Å². The van der Waals surface area contributed by atoms with E-state index in [9.17, 15) is 0 Å². The summed E-state index contributed by atoms with van der Waals surface area (Å²) in [6, 6.07) is 7.45. The molecule has 102 valence electrons. The van der Waals surface area contributed by atoms with Gasteiger partial charge >= 0.3 is 0 Å². The number of hydrogen-bond acceptors (Lipinski definition) is 3. The molecule has 1 atom stereocenters. The maximum absolute atomic E-state index is 5.41. The first-order valence-electron chi connectivity index (χ1n) is 7.11. The maximum atomic E-state index is 5.41. The molecule has 19 heavy (non-hydrogen) atoms. The van der Waals surface area contributed by atoms with Gasteiger partial charge in [0.15, 0.2) is 11.5 Å². The minimum absolute atomic E-state index is 0.353. The number of fused-ring (bicyclic) bond motifs is 1. The Balaban J connectivity index is 1.48. The lowest BCUT2D eigenvalue weighted by molar-refractivity contribution is 0.174. The lowest BCUT2D eigenvalue weighted by Gasteiger charge is -2.19. The Kier molecular flexibility index (Phi) is 3.74. The summed E-state index contributed by atoms with van der Waals surface area (Å²) in [5.41, 5.74) is 1.32. The minimum Gasteiger partial charge on any atom is -0.454 e. The molecule has 0 fully saturated rings. The number of rotatable bonds is 5. The molecule has 0 amide bonds. The molecule has 1 unspecified atom stereocenters. The standard InChI is InChI=1S/C16H21NO2/c1-12(17-14-4-2-3-5-14)6-7-13-8-9-15-16(10-13)19-11-18-15/h2-3,8-10,12,14,17H,4-7,11H2,1H3. The average molecular weight is 259 g/mol. The molecule has 0 saturated heterocycles. The fourth-order valence-electron chi connectivity index (χ4n) is 2.72. The van der Waals surface area contributed by atoms with Crippen LogP contribution >= 0.6 is 0 Å². The van der Waals surface area contributed by atoms with E-state index in [1.165, 1.54) is 18.4 Å². The van der Waals surface area contributed by atoms with Crippen molar-refractivity contribution in [3.8, 4) is 11.5 Å². The third-order valence-corrected chi connectivity index (χ3v) is 3.83. The van der Waals surface area contributed by atoms with E-state index in [0.29, 0.717) is 18.9 Å². The Labute approximate surface area is 114 Å². The van der Waals surface area contributed by atoms with Gasteiger partial charge in [0.1, 0.15) is 0 Å². The van der Waals surface area contributed by atoms with Gasteiger partial charge in [0, 0.05) is 12.1 Å². The molecule has 1 heterocycles. The van der Waals surface area contributed by atoms with Gasteiger partial charge in [0.05, 0.1) is 0 Å². The summed E-state index contributed by atoms with van der Waals surface area (Å²) in [5, 5.41) is 3.68. The van der Waals surface area contributed by atoms with Gasteiger partial charge in [0.2, 0.25) is 6.79 Å². The van der Waals surface area contributed by atoms with Gasteiger partial charge in [-0.3, -0.25) is 0 Å². The molecule has 1 aliphatic heterocycles. The summed E-state index contributed by atoms with van der Waals surface area (Å²) in [4.78, 5) is 0. The average Bonchev–Trinajstić information content (AvgIpc) is 3.06. The highest BCUT2D eigenvalue weighted by molar-refractivity contribution is 5.44. The molecule has 3 rings (SSSR count). The molecule has 0 saturated carbocycles. The first-order chi connectivity index (χ1) is 9.31. The van der Waals surface area contributed by atoms with E-state index in [-0.39, 0.29) is 0 Å². The Morgan fingerprint density at radius 3 is 2.84 bits per heavy atom. The van der Waals surface area contributed by atoms with Crippen molar-refractivity contribution in [2.75, 3.05) is 6.79 Å². The Morgan fingerprint density at radius 2 is 2.00 bits per heavy atom. The van der Waals surface area contributed by atoms with E-state index >= 15 is 0 Å². The molecule has 3 nitrogen and oxygen atoms in total. The van der Waals surface area contributed by atoms with Gasteiger partial charge in [-0.2, -0.15) is 0 Å². The number of hydrogen-bond donors (Lipinski definition) is 1. The number of nitrogens with one attached hydrogen (secondary N) is 1. The van der Waals surface area contributed by atoms with Gasteiger partial charge in [-0.15, -0.1) is 0 Å². The zero-order chi connectivity index (χ0) is 13.1. The highest BCUT2D eigenvalue weighted by atomic mass is 16.7. The van der Waals surface area contributed by atoms with Crippen molar-refractivity contribution in [1.82, 2.24) is 5.32 Å². The predicted octanol–water partition coefficient (Wildman–Crippen LogP) is 3.04. The van der Waals surface area contributed by atoms with Gasteiger partial charge in [0.25, 0.3) is 0 Å². The molecule has 0 spiro atoms. The Hall–Kier alpha value is -1.48. The zero-order valence-electron chi connectivity index (χ0n) is 11.4. The normalized spacial score (nSPS) is 19.0. The maximum Gasteiger partial charge on any atom is 0.231 e. The third kappa shape index (κ3) is 3.10.